The molecular weight excluding hydrogens is 732 g/mol. The first kappa shape index (κ1) is 26.0. The molecule has 0 aliphatic rings. The Morgan fingerprint density at radius 3 is 1.23 bits per heavy atom. The van der Waals surface area contributed by atoms with Crippen LogP contribution in [0.25, 0.3) is 0 Å². The lowest BCUT2D eigenvalue weighted by Gasteiger charge is -2.15. The lowest BCUT2D eigenvalue weighted by molar-refractivity contribution is 0.476. The van der Waals surface area contributed by atoms with Crippen LogP contribution < -0.4 is 20.9 Å². The first-order chi connectivity index (χ1) is 16.5. The summed E-state index contributed by atoms with van der Waals surface area (Å²) in [5.74, 6) is 1.88. The minimum atomic E-state index is -3.89. The first-order valence-corrected chi connectivity index (χ1v) is 14.5. The van der Waals surface area contributed by atoms with E-state index < -0.39 is 9.84 Å². The first-order valence-electron chi connectivity index (χ1n) is 9.84. The lowest BCUT2D eigenvalue weighted by atomic mass is 10.3. The second-order valence-electron chi connectivity index (χ2n) is 7.28. The monoisotopic (exact) mass is 744 g/mol. The van der Waals surface area contributed by atoms with Gasteiger partial charge in [-0.05, 0) is 112 Å². The second-order valence-corrected chi connectivity index (χ2v) is 12.7. The van der Waals surface area contributed by atoms with Crippen molar-refractivity contribution in [2.45, 2.75) is 9.79 Å². The summed E-state index contributed by atoms with van der Waals surface area (Å²) in [6.07, 6.45) is 0. The fourth-order valence-electron chi connectivity index (χ4n) is 3.11. The van der Waals surface area contributed by atoms with Crippen molar-refractivity contribution in [2.75, 3.05) is 11.5 Å². The van der Waals surface area contributed by atoms with Gasteiger partial charge in [-0.2, -0.15) is 0 Å². The molecule has 0 aliphatic heterocycles. The van der Waals surface area contributed by atoms with Crippen LogP contribution in [-0.4, -0.2) is 8.42 Å². The van der Waals surface area contributed by atoms with Crippen molar-refractivity contribution in [1.82, 2.24) is 0 Å². The van der Waals surface area contributed by atoms with Gasteiger partial charge in [0.1, 0.15) is 11.5 Å². The highest BCUT2D eigenvalue weighted by Gasteiger charge is 2.24. The van der Waals surface area contributed by atoms with Crippen LogP contribution in [0, 0.1) is 0 Å². The zero-order valence-corrected chi connectivity index (χ0v) is 24.8. The molecule has 0 radical (unpaired) electrons. The van der Waals surface area contributed by atoms with Crippen molar-refractivity contribution in [2.24, 2.45) is 0 Å². The number of rotatable bonds is 6. The molecule has 0 amide bonds. The van der Waals surface area contributed by atoms with Gasteiger partial charge in [0.2, 0.25) is 9.84 Å². The van der Waals surface area contributed by atoms with Gasteiger partial charge in [-0.1, -0.05) is 12.1 Å². The molecule has 0 fully saturated rings. The second kappa shape index (κ2) is 10.5. The van der Waals surface area contributed by atoms with Crippen LogP contribution in [0.2, 0.25) is 0 Å². The van der Waals surface area contributed by atoms with Crippen LogP contribution in [0.3, 0.4) is 0 Å². The van der Waals surface area contributed by atoms with Gasteiger partial charge in [-0.15, -0.1) is 0 Å². The van der Waals surface area contributed by atoms with Gasteiger partial charge in [0, 0.05) is 23.5 Å². The van der Waals surface area contributed by atoms with Crippen molar-refractivity contribution < 1.29 is 17.9 Å². The number of benzene rings is 4. The van der Waals surface area contributed by atoms with Gasteiger partial charge < -0.3 is 20.9 Å². The van der Waals surface area contributed by atoms with Crippen molar-refractivity contribution in [3.63, 3.8) is 0 Å². The van der Waals surface area contributed by atoms with Crippen LogP contribution in [0.15, 0.2) is 100 Å². The molecule has 0 bridgehead atoms. The van der Waals surface area contributed by atoms with E-state index in [2.05, 4.69) is 63.7 Å². The summed E-state index contributed by atoms with van der Waals surface area (Å²) in [5.41, 5.74) is 12.7. The van der Waals surface area contributed by atoms with E-state index in [-0.39, 0.29) is 9.79 Å². The number of nitrogens with two attached hydrogens (primary N) is 2. The average Bonchev–Trinajstić information content (AvgIpc) is 2.78. The minimum Gasteiger partial charge on any atom is -0.455 e. The molecule has 0 aromatic heterocycles. The van der Waals surface area contributed by atoms with Gasteiger partial charge in [0.15, 0.2) is 11.5 Å². The van der Waals surface area contributed by atoms with Gasteiger partial charge >= 0.3 is 0 Å². The number of hydrogen-bond donors (Lipinski definition) is 2. The third-order valence-electron chi connectivity index (χ3n) is 4.72. The Bertz CT molecular complexity index is 1390. The highest BCUT2D eigenvalue weighted by Crippen LogP contribution is 2.43. The zero-order valence-electron chi connectivity index (χ0n) is 17.6. The maximum atomic E-state index is 13.5. The Hall–Kier alpha value is -2.05. The molecule has 4 aromatic carbocycles. The maximum absolute atomic E-state index is 13.5. The van der Waals surface area contributed by atoms with Crippen LogP contribution in [0.4, 0.5) is 11.4 Å². The van der Waals surface area contributed by atoms with E-state index in [9.17, 15) is 8.42 Å². The topological polar surface area (TPSA) is 105 Å². The third kappa shape index (κ3) is 5.86. The molecule has 35 heavy (non-hydrogen) atoms. The summed E-state index contributed by atoms with van der Waals surface area (Å²) in [7, 11) is -3.89. The standard InChI is InChI=1S/C24H16Br4N2O4S/c25-19-9-17(10-20(26)23(19)33-15-5-1-3-13(29)7-15)35(31,32)18-11-21(27)24(22(28)12-18)34-16-6-2-4-14(30)8-16/h1-12H,29-30H2. The summed E-state index contributed by atoms with van der Waals surface area (Å²) in [6.45, 7) is 0. The SMILES string of the molecule is Nc1cccc(Oc2c(Br)cc(S(=O)(=O)c3cc(Br)c(Oc4cccc(N)c4)c(Br)c3)cc2Br)c1. The van der Waals surface area contributed by atoms with Crippen molar-refractivity contribution in [3.05, 3.63) is 90.7 Å². The summed E-state index contributed by atoms with van der Waals surface area (Å²) in [5, 5.41) is 0. The van der Waals surface area contributed by atoms with Crippen molar-refractivity contribution >= 4 is 84.9 Å². The predicted octanol–water partition coefficient (Wildman–Crippen LogP) is 8.32. The maximum Gasteiger partial charge on any atom is 0.206 e. The Labute approximate surface area is 236 Å². The number of ether oxygens (including phenoxy) is 2. The van der Waals surface area contributed by atoms with E-state index in [0.29, 0.717) is 52.3 Å². The predicted molar refractivity (Wildman–Crippen MR) is 151 cm³/mol. The molecule has 4 N–H and O–H groups in total. The molecule has 6 nitrogen and oxygen atoms in total. The van der Waals surface area contributed by atoms with E-state index in [4.69, 9.17) is 20.9 Å². The average molecular weight is 748 g/mol. The number of hydrogen-bond acceptors (Lipinski definition) is 6. The van der Waals surface area contributed by atoms with Crippen LogP contribution >= 0.6 is 63.7 Å². The van der Waals surface area contributed by atoms with Gasteiger partial charge in [-0.25, -0.2) is 8.42 Å². The highest BCUT2D eigenvalue weighted by molar-refractivity contribution is 9.11. The van der Waals surface area contributed by atoms with Crippen molar-refractivity contribution in [1.29, 1.82) is 0 Å². The van der Waals surface area contributed by atoms with E-state index in [1.165, 1.54) is 24.3 Å². The molecule has 0 saturated carbocycles. The Balaban J connectivity index is 1.67. The fourth-order valence-corrected chi connectivity index (χ4v) is 7.77. The Kier molecular flexibility index (Phi) is 7.82. The van der Waals surface area contributed by atoms with E-state index >= 15 is 0 Å². The number of sulfone groups is 1. The summed E-state index contributed by atoms with van der Waals surface area (Å²) in [4.78, 5) is 0.138. The molecular formula is C24H16Br4N2O4S. The quantitative estimate of drug-likeness (QED) is 0.192. The number of nitrogen functional groups attached to an aromatic ring is 2. The summed E-state index contributed by atoms with van der Waals surface area (Å²) < 4.78 is 40.6. The Morgan fingerprint density at radius 2 is 0.914 bits per heavy atom. The van der Waals surface area contributed by atoms with Gasteiger partial charge in [0.25, 0.3) is 0 Å². The molecule has 0 heterocycles. The molecule has 4 aromatic rings. The third-order valence-corrected chi connectivity index (χ3v) is 8.79. The molecule has 4 rings (SSSR count). The molecule has 180 valence electrons. The molecule has 0 atom stereocenters. The zero-order chi connectivity index (χ0) is 25.3. The number of anilines is 2. The molecule has 0 spiro atoms. The van der Waals surface area contributed by atoms with E-state index in [0.717, 1.165) is 0 Å². The fraction of sp³-hybridized carbons (Fsp3) is 0. The number of halogens is 4. The molecule has 0 unspecified atom stereocenters. The largest absolute Gasteiger partial charge is 0.455 e. The van der Waals surface area contributed by atoms with Crippen molar-refractivity contribution in [3.8, 4) is 23.0 Å². The van der Waals surface area contributed by atoms with Crippen LogP contribution in [0.5, 0.6) is 23.0 Å². The smallest absolute Gasteiger partial charge is 0.206 e. The Morgan fingerprint density at radius 1 is 0.571 bits per heavy atom. The normalized spacial score (nSPS) is 11.3. The van der Waals surface area contributed by atoms with Gasteiger partial charge in [0.05, 0.1) is 27.7 Å². The van der Waals surface area contributed by atoms with E-state index in [1.54, 1.807) is 48.5 Å². The minimum absolute atomic E-state index is 0.0690. The summed E-state index contributed by atoms with van der Waals surface area (Å²) in [6, 6.07) is 19.8. The molecule has 11 heteroatoms. The van der Waals surface area contributed by atoms with Crippen LogP contribution in [0.1, 0.15) is 0 Å². The van der Waals surface area contributed by atoms with Crippen LogP contribution in [-0.2, 0) is 9.84 Å². The molecule has 0 aliphatic carbocycles. The summed E-state index contributed by atoms with van der Waals surface area (Å²) >= 11 is 13.7. The van der Waals surface area contributed by atoms with E-state index in [1.807, 2.05) is 0 Å². The van der Waals surface area contributed by atoms with Gasteiger partial charge in [-0.3, -0.25) is 0 Å². The lowest BCUT2D eigenvalue weighted by Crippen LogP contribution is -2.04. The highest BCUT2D eigenvalue weighted by atomic mass is 79.9. The molecule has 0 saturated heterocycles.